The summed E-state index contributed by atoms with van der Waals surface area (Å²) in [5.41, 5.74) is 7.29. The first kappa shape index (κ1) is 13.9. The third kappa shape index (κ3) is 3.26. The summed E-state index contributed by atoms with van der Waals surface area (Å²) >= 11 is 1.95. The molecule has 1 atom stereocenters. The molecular formula is C13H18FIN2O. The number of anilines is 2. The Bertz CT molecular complexity index is 422. The van der Waals surface area contributed by atoms with Crippen LogP contribution in [0.3, 0.4) is 0 Å². The van der Waals surface area contributed by atoms with Crippen molar-refractivity contribution in [1.29, 1.82) is 0 Å². The average Bonchev–Trinajstić information content (AvgIpc) is 2.35. The van der Waals surface area contributed by atoms with E-state index in [4.69, 9.17) is 10.5 Å². The molecule has 1 aliphatic heterocycles. The number of hydrogen-bond acceptors (Lipinski definition) is 3. The number of benzene rings is 1. The Morgan fingerprint density at radius 2 is 2.28 bits per heavy atom. The van der Waals surface area contributed by atoms with Gasteiger partial charge in [0.1, 0.15) is 5.82 Å². The third-order valence-corrected chi connectivity index (χ3v) is 4.06. The lowest BCUT2D eigenvalue weighted by Crippen LogP contribution is -2.33. The van der Waals surface area contributed by atoms with E-state index in [9.17, 15) is 4.39 Å². The van der Waals surface area contributed by atoms with Gasteiger partial charge in [0.05, 0.1) is 21.0 Å². The summed E-state index contributed by atoms with van der Waals surface area (Å²) in [4.78, 5) is 1.98. The topological polar surface area (TPSA) is 38.5 Å². The number of ether oxygens (including phenoxy) is 1. The van der Waals surface area contributed by atoms with Crippen LogP contribution in [-0.2, 0) is 4.74 Å². The Labute approximate surface area is 121 Å². The summed E-state index contributed by atoms with van der Waals surface area (Å²) in [5.74, 6) is -0.226. The fraction of sp³-hybridized carbons (Fsp3) is 0.538. The molecule has 100 valence electrons. The number of hydrogen-bond donors (Lipinski definition) is 1. The van der Waals surface area contributed by atoms with Crippen molar-refractivity contribution < 1.29 is 9.13 Å². The second kappa shape index (κ2) is 6.06. The van der Waals surface area contributed by atoms with Gasteiger partial charge in [-0.05, 0) is 47.9 Å². The van der Waals surface area contributed by atoms with Crippen LogP contribution in [0, 0.1) is 9.39 Å². The molecule has 1 aromatic carbocycles. The van der Waals surface area contributed by atoms with Crippen molar-refractivity contribution in [2.24, 2.45) is 0 Å². The zero-order valence-corrected chi connectivity index (χ0v) is 12.6. The standard InChI is InChI=1S/C13H18FIN2O/c1-17(8-9-4-2-3-5-18-9)13-6-10(14)11(15)7-12(13)16/h6-7,9H,2-5,8,16H2,1H3. The first-order valence-electron chi connectivity index (χ1n) is 6.15. The zero-order chi connectivity index (χ0) is 13.1. The Hall–Kier alpha value is -0.560. The molecule has 0 saturated carbocycles. The van der Waals surface area contributed by atoms with Gasteiger partial charge in [0.25, 0.3) is 0 Å². The van der Waals surface area contributed by atoms with Gasteiger partial charge >= 0.3 is 0 Å². The number of rotatable bonds is 3. The molecule has 1 fully saturated rings. The van der Waals surface area contributed by atoms with Gasteiger partial charge in [-0.2, -0.15) is 0 Å². The highest BCUT2D eigenvalue weighted by molar-refractivity contribution is 14.1. The molecule has 0 bridgehead atoms. The third-order valence-electron chi connectivity index (χ3n) is 3.23. The quantitative estimate of drug-likeness (QED) is 0.662. The van der Waals surface area contributed by atoms with Crippen LogP contribution in [0.1, 0.15) is 19.3 Å². The smallest absolute Gasteiger partial charge is 0.138 e. The monoisotopic (exact) mass is 364 g/mol. The molecule has 0 amide bonds. The van der Waals surface area contributed by atoms with E-state index < -0.39 is 0 Å². The minimum atomic E-state index is -0.226. The number of nitrogens with zero attached hydrogens (tertiary/aromatic N) is 1. The molecule has 18 heavy (non-hydrogen) atoms. The first-order valence-corrected chi connectivity index (χ1v) is 7.23. The van der Waals surface area contributed by atoms with Gasteiger partial charge in [0.2, 0.25) is 0 Å². The number of halogens is 2. The predicted molar refractivity (Wildman–Crippen MR) is 80.4 cm³/mol. The van der Waals surface area contributed by atoms with E-state index in [0.29, 0.717) is 9.26 Å². The summed E-state index contributed by atoms with van der Waals surface area (Å²) in [7, 11) is 1.93. The van der Waals surface area contributed by atoms with E-state index in [2.05, 4.69) is 0 Å². The molecular weight excluding hydrogens is 346 g/mol. The molecule has 1 unspecified atom stereocenters. The molecule has 1 heterocycles. The highest BCUT2D eigenvalue weighted by Gasteiger charge is 2.18. The summed E-state index contributed by atoms with van der Waals surface area (Å²) in [6.45, 7) is 1.58. The lowest BCUT2D eigenvalue weighted by Gasteiger charge is -2.29. The molecule has 0 aromatic heterocycles. The van der Waals surface area contributed by atoms with Crippen molar-refractivity contribution in [3.05, 3.63) is 21.5 Å². The maximum Gasteiger partial charge on any atom is 0.138 e. The van der Waals surface area contributed by atoms with Crippen molar-refractivity contribution >= 4 is 34.0 Å². The van der Waals surface area contributed by atoms with E-state index in [1.807, 2.05) is 34.5 Å². The SMILES string of the molecule is CN(CC1CCCCO1)c1cc(F)c(I)cc1N. The molecule has 0 radical (unpaired) electrons. The molecule has 5 heteroatoms. The van der Waals surface area contributed by atoms with E-state index in [1.54, 1.807) is 6.07 Å². The largest absolute Gasteiger partial charge is 0.397 e. The van der Waals surface area contributed by atoms with Gasteiger partial charge in [-0.25, -0.2) is 4.39 Å². The van der Waals surface area contributed by atoms with Gasteiger partial charge < -0.3 is 15.4 Å². The van der Waals surface area contributed by atoms with E-state index >= 15 is 0 Å². The summed E-state index contributed by atoms with van der Waals surface area (Å²) in [5, 5.41) is 0. The van der Waals surface area contributed by atoms with Gasteiger partial charge in [-0.15, -0.1) is 0 Å². The minimum absolute atomic E-state index is 0.226. The Kier molecular flexibility index (Phi) is 4.66. The Balaban J connectivity index is 2.08. The van der Waals surface area contributed by atoms with Crippen molar-refractivity contribution in [1.82, 2.24) is 0 Å². The normalized spacial score (nSPS) is 19.8. The van der Waals surface area contributed by atoms with Crippen LogP contribution in [0.4, 0.5) is 15.8 Å². The predicted octanol–water partition coefficient (Wildman–Crippen LogP) is 3.02. The van der Waals surface area contributed by atoms with Crippen LogP contribution in [0.5, 0.6) is 0 Å². The number of nitrogen functional groups attached to an aromatic ring is 1. The number of likely N-dealkylation sites (N-methyl/N-ethyl adjacent to an activating group) is 1. The fourth-order valence-electron chi connectivity index (χ4n) is 2.24. The van der Waals surface area contributed by atoms with Crippen molar-refractivity contribution in [3.8, 4) is 0 Å². The molecule has 2 N–H and O–H groups in total. The van der Waals surface area contributed by atoms with Gasteiger partial charge in [0.15, 0.2) is 0 Å². The zero-order valence-electron chi connectivity index (χ0n) is 10.5. The molecule has 1 saturated heterocycles. The van der Waals surface area contributed by atoms with Crippen LogP contribution >= 0.6 is 22.6 Å². The molecule has 1 aromatic rings. The molecule has 2 rings (SSSR count). The highest BCUT2D eigenvalue weighted by Crippen LogP contribution is 2.27. The second-order valence-electron chi connectivity index (χ2n) is 4.69. The summed E-state index contributed by atoms with van der Waals surface area (Å²) < 4.78 is 19.8. The van der Waals surface area contributed by atoms with E-state index in [-0.39, 0.29) is 11.9 Å². The van der Waals surface area contributed by atoms with Gasteiger partial charge in [0, 0.05) is 26.3 Å². The van der Waals surface area contributed by atoms with Crippen LogP contribution in [0.15, 0.2) is 12.1 Å². The molecule has 1 aliphatic rings. The Morgan fingerprint density at radius 1 is 1.50 bits per heavy atom. The first-order chi connectivity index (χ1) is 8.58. The maximum absolute atomic E-state index is 13.6. The summed E-state index contributed by atoms with van der Waals surface area (Å²) in [6, 6.07) is 3.17. The van der Waals surface area contributed by atoms with Crippen LogP contribution in [0.25, 0.3) is 0 Å². The maximum atomic E-state index is 13.6. The van der Waals surface area contributed by atoms with E-state index in [1.165, 1.54) is 12.5 Å². The lowest BCUT2D eigenvalue weighted by molar-refractivity contribution is 0.0216. The Morgan fingerprint density at radius 3 is 2.94 bits per heavy atom. The van der Waals surface area contributed by atoms with E-state index in [0.717, 1.165) is 31.7 Å². The van der Waals surface area contributed by atoms with Crippen molar-refractivity contribution in [3.63, 3.8) is 0 Å². The molecule has 3 nitrogen and oxygen atoms in total. The van der Waals surface area contributed by atoms with Gasteiger partial charge in [-0.1, -0.05) is 0 Å². The average molecular weight is 364 g/mol. The van der Waals surface area contributed by atoms with Gasteiger partial charge in [-0.3, -0.25) is 0 Å². The number of nitrogens with two attached hydrogens (primary N) is 1. The minimum Gasteiger partial charge on any atom is -0.397 e. The summed E-state index contributed by atoms with van der Waals surface area (Å²) in [6.07, 6.45) is 3.64. The van der Waals surface area contributed by atoms with Crippen LogP contribution in [-0.4, -0.2) is 26.3 Å². The molecule has 0 aliphatic carbocycles. The highest BCUT2D eigenvalue weighted by atomic mass is 127. The lowest BCUT2D eigenvalue weighted by atomic mass is 10.1. The van der Waals surface area contributed by atoms with Crippen molar-refractivity contribution in [2.45, 2.75) is 25.4 Å². The molecule has 0 spiro atoms. The van der Waals surface area contributed by atoms with Crippen LogP contribution in [0.2, 0.25) is 0 Å². The van der Waals surface area contributed by atoms with Crippen LogP contribution < -0.4 is 10.6 Å². The fourth-order valence-corrected chi connectivity index (χ4v) is 2.73. The van der Waals surface area contributed by atoms with Crippen molar-refractivity contribution in [2.75, 3.05) is 30.8 Å². The second-order valence-corrected chi connectivity index (χ2v) is 5.86.